The van der Waals surface area contributed by atoms with Gasteiger partial charge in [-0.25, -0.2) is 9.37 Å². The molecule has 0 aliphatic heterocycles. The van der Waals surface area contributed by atoms with Crippen molar-refractivity contribution < 1.29 is 4.39 Å². The quantitative estimate of drug-likeness (QED) is 0.828. The smallest absolute Gasteiger partial charge is 0.149 e. The summed E-state index contributed by atoms with van der Waals surface area (Å²) in [5, 5.41) is 1.11. The van der Waals surface area contributed by atoms with Gasteiger partial charge in [-0.15, -0.1) is 0 Å². The van der Waals surface area contributed by atoms with Crippen molar-refractivity contribution in [2.45, 2.75) is 19.9 Å². The molecule has 1 aromatic heterocycles. The number of nitrogens with two attached hydrogens (primary N) is 1. The SMILES string of the molecule is Cc1cc(Cl)c2cc(C(C)N)cc(F)c2n1. The van der Waals surface area contributed by atoms with Crippen molar-refractivity contribution in [3.63, 3.8) is 0 Å². The van der Waals surface area contributed by atoms with Gasteiger partial charge in [-0.3, -0.25) is 0 Å². The molecule has 2 aromatic rings. The highest BCUT2D eigenvalue weighted by molar-refractivity contribution is 6.35. The Bertz CT molecular complexity index is 552. The molecule has 1 heterocycles. The molecular formula is C12H12ClFN2. The normalized spacial score (nSPS) is 13.1. The highest BCUT2D eigenvalue weighted by atomic mass is 35.5. The fourth-order valence-corrected chi connectivity index (χ4v) is 1.95. The first kappa shape index (κ1) is 11.3. The minimum Gasteiger partial charge on any atom is -0.324 e. The molecule has 2 nitrogen and oxygen atoms in total. The maximum atomic E-state index is 13.8. The van der Waals surface area contributed by atoms with E-state index in [0.29, 0.717) is 21.6 Å². The zero-order chi connectivity index (χ0) is 11.9. The van der Waals surface area contributed by atoms with Crippen LogP contribution in [0.2, 0.25) is 5.02 Å². The number of pyridine rings is 1. The van der Waals surface area contributed by atoms with E-state index in [0.717, 1.165) is 5.56 Å². The molecule has 0 radical (unpaired) electrons. The molecule has 2 rings (SSSR count). The predicted molar refractivity (Wildman–Crippen MR) is 64.1 cm³/mol. The Kier molecular flexibility index (Phi) is 2.82. The van der Waals surface area contributed by atoms with Crippen LogP contribution in [0.5, 0.6) is 0 Å². The van der Waals surface area contributed by atoms with Crippen LogP contribution in [-0.2, 0) is 0 Å². The molecule has 2 N–H and O–H groups in total. The monoisotopic (exact) mass is 238 g/mol. The first-order valence-corrected chi connectivity index (χ1v) is 5.38. The molecule has 0 aliphatic rings. The topological polar surface area (TPSA) is 38.9 Å². The first-order valence-electron chi connectivity index (χ1n) is 5.01. The molecule has 84 valence electrons. The lowest BCUT2D eigenvalue weighted by molar-refractivity contribution is 0.631. The average molecular weight is 239 g/mol. The van der Waals surface area contributed by atoms with Crippen LogP contribution in [-0.4, -0.2) is 4.98 Å². The second kappa shape index (κ2) is 4.00. The van der Waals surface area contributed by atoms with Crippen LogP contribution in [0, 0.1) is 12.7 Å². The summed E-state index contributed by atoms with van der Waals surface area (Å²) >= 11 is 6.06. The molecule has 16 heavy (non-hydrogen) atoms. The highest BCUT2D eigenvalue weighted by Crippen LogP contribution is 2.27. The van der Waals surface area contributed by atoms with Crippen LogP contribution in [0.4, 0.5) is 4.39 Å². The largest absolute Gasteiger partial charge is 0.324 e. The highest BCUT2D eigenvalue weighted by Gasteiger charge is 2.11. The van der Waals surface area contributed by atoms with Gasteiger partial charge in [0.25, 0.3) is 0 Å². The summed E-state index contributed by atoms with van der Waals surface area (Å²) in [6, 6.07) is 4.69. The van der Waals surface area contributed by atoms with E-state index in [9.17, 15) is 4.39 Å². The minimum absolute atomic E-state index is 0.226. The summed E-state index contributed by atoms with van der Waals surface area (Å²) in [7, 11) is 0. The van der Waals surface area contributed by atoms with Crippen molar-refractivity contribution in [1.29, 1.82) is 0 Å². The maximum Gasteiger partial charge on any atom is 0.149 e. The summed E-state index contributed by atoms with van der Waals surface area (Å²) in [5.74, 6) is -0.379. The number of rotatable bonds is 1. The molecule has 1 aromatic carbocycles. The zero-order valence-corrected chi connectivity index (χ0v) is 9.85. The summed E-state index contributed by atoms with van der Waals surface area (Å²) < 4.78 is 13.8. The van der Waals surface area contributed by atoms with Crippen LogP contribution in [0.3, 0.4) is 0 Å². The van der Waals surface area contributed by atoms with E-state index in [2.05, 4.69) is 4.98 Å². The van der Waals surface area contributed by atoms with Gasteiger partial charge < -0.3 is 5.73 Å². The minimum atomic E-state index is -0.379. The number of hydrogen-bond acceptors (Lipinski definition) is 2. The summed E-state index contributed by atoms with van der Waals surface area (Å²) in [5.41, 5.74) is 7.44. The van der Waals surface area contributed by atoms with E-state index in [1.54, 1.807) is 26.0 Å². The summed E-state index contributed by atoms with van der Waals surface area (Å²) in [6.07, 6.45) is 0. The molecule has 1 atom stereocenters. The van der Waals surface area contributed by atoms with Gasteiger partial charge in [-0.2, -0.15) is 0 Å². The predicted octanol–water partition coefficient (Wildman–Crippen LogP) is 3.36. The van der Waals surface area contributed by atoms with Crippen molar-refractivity contribution in [3.8, 4) is 0 Å². The summed E-state index contributed by atoms with van der Waals surface area (Å²) in [6.45, 7) is 3.58. The number of benzene rings is 1. The standard InChI is InChI=1S/C12H12ClFN2/c1-6-3-10(13)9-4-8(7(2)15)5-11(14)12(9)16-6/h3-5,7H,15H2,1-2H3. The van der Waals surface area contributed by atoms with Crippen molar-refractivity contribution in [2.75, 3.05) is 0 Å². The zero-order valence-electron chi connectivity index (χ0n) is 9.09. The van der Waals surface area contributed by atoms with Gasteiger partial charge in [0.2, 0.25) is 0 Å². The molecule has 0 amide bonds. The fraction of sp³-hybridized carbons (Fsp3) is 0.250. The van der Waals surface area contributed by atoms with Crippen LogP contribution in [0.15, 0.2) is 18.2 Å². The number of halogens is 2. The Morgan fingerprint density at radius 1 is 1.38 bits per heavy atom. The molecule has 0 saturated heterocycles. The van der Waals surface area contributed by atoms with Gasteiger partial charge in [0, 0.05) is 17.1 Å². The number of aryl methyl sites for hydroxylation is 1. The Morgan fingerprint density at radius 2 is 2.06 bits per heavy atom. The van der Waals surface area contributed by atoms with Crippen molar-refractivity contribution in [2.24, 2.45) is 5.73 Å². The van der Waals surface area contributed by atoms with E-state index >= 15 is 0 Å². The molecule has 0 bridgehead atoms. The van der Waals surface area contributed by atoms with Crippen LogP contribution in [0.1, 0.15) is 24.2 Å². The van der Waals surface area contributed by atoms with Gasteiger partial charge in [0.15, 0.2) is 0 Å². The Hall–Kier alpha value is -1.19. The fourth-order valence-electron chi connectivity index (χ4n) is 1.65. The number of nitrogens with zero attached hydrogens (tertiary/aromatic N) is 1. The van der Waals surface area contributed by atoms with Crippen molar-refractivity contribution >= 4 is 22.5 Å². The van der Waals surface area contributed by atoms with E-state index in [1.165, 1.54) is 6.07 Å². The van der Waals surface area contributed by atoms with Crippen LogP contribution in [0.25, 0.3) is 10.9 Å². The molecule has 0 saturated carbocycles. The Morgan fingerprint density at radius 3 is 2.69 bits per heavy atom. The van der Waals surface area contributed by atoms with Crippen LogP contribution < -0.4 is 5.73 Å². The Balaban J connectivity index is 2.82. The third kappa shape index (κ3) is 1.88. The van der Waals surface area contributed by atoms with E-state index < -0.39 is 0 Å². The number of fused-ring (bicyclic) bond motifs is 1. The lowest BCUT2D eigenvalue weighted by Gasteiger charge is -2.09. The number of hydrogen-bond donors (Lipinski definition) is 1. The molecule has 1 unspecified atom stereocenters. The first-order chi connectivity index (χ1) is 7.49. The van der Waals surface area contributed by atoms with Crippen molar-refractivity contribution in [1.82, 2.24) is 4.98 Å². The van der Waals surface area contributed by atoms with Gasteiger partial charge in [-0.1, -0.05) is 11.6 Å². The second-order valence-corrected chi connectivity index (χ2v) is 4.34. The van der Waals surface area contributed by atoms with Gasteiger partial charge >= 0.3 is 0 Å². The van der Waals surface area contributed by atoms with Crippen LogP contribution >= 0.6 is 11.6 Å². The maximum absolute atomic E-state index is 13.8. The third-order valence-corrected chi connectivity index (χ3v) is 2.81. The third-order valence-electron chi connectivity index (χ3n) is 2.49. The van der Waals surface area contributed by atoms with E-state index in [1.807, 2.05) is 0 Å². The molecule has 0 aliphatic carbocycles. The average Bonchev–Trinajstić information content (AvgIpc) is 2.19. The lowest BCUT2D eigenvalue weighted by atomic mass is 10.1. The van der Waals surface area contributed by atoms with E-state index in [4.69, 9.17) is 17.3 Å². The number of aromatic nitrogens is 1. The lowest BCUT2D eigenvalue weighted by Crippen LogP contribution is -2.05. The second-order valence-electron chi connectivity index (χ2n) is 3.93. The molecule has 4 heteroatoms. The molecule has 0 spiro atoms. The molecular weight excluding hydrogens is 227 g/mol. The Labute approximate surface area is 98.2 Å². The summed E-state index contributed by atoms with van der Waals surface area (Å²) in [4.78, 5) is 4.14. The van der Waals surface area contributed by atoms with Gasteiger partial charge in [0.1, 0.15) is 11.3 Å². The van der Waals surface area contributed by atoms with E-state index in [-0.39, 0.29) is 11.9 Å². The van der Waals surface area contributed by atoms with Gasteiger partial charge in [-0.05, 0) is 37.6 Å². The molecule has 0 fully saturated rings. The van der Waals surface area contributed by atoms with Gasteiger partial charge in [0.05, 0.1) is 5.02 Å². The van der Waals surface area contributed by atoms with Crippen molar-refractivity contribution in [3.05, 3.63) is 40.3 Å².